The van der Waals surface area contributed by atoms with Crippen LogP contribution >= 0.6 is 0 Å². The summed E-state index contributed by atoms with van der Waals surface area (Å²) in [6.45, 7) is 1.59. The number of amides is 2. The summed E-state index contributed by atoms with van der Waals surface area (Å²) in [5, 5.41) is 6.13. The van der Waals surface area contributed by atoms with Gasteiger partial charge in [-0.15, -0.1) is 0 Å². The Labute approximate surface area is 176 Å². The van der Waals surface area contributed by atoms with Crippen LogP contribution in [0.4, 0.5) is 27.8 Å². The quantitative estimate of drug-likeness (QED) is 0.674. The molecule has 30 heavy (non-hydrogen) atoms. The molecule has 7 heteroatoms. The van der Waals surface area contributed by atoms with Crippen molar-refractivity contribution in [2.24, 2.45) is 0 Å². The molecule has 1 aromatic heterocycles. The molecule has 2 aromatic carbocycles. The smallest absolute Gasteiger partial charge is 0.319 e. The van der Waals surface area contributed by atoms with E-state index in [0.717, 1.165) is 36.4 Å². The lowest BCUT2D eigenvalue weighted by atomic mass is 10.1. The maximum atomic E-state index is 12.7. The van der Waals surface area contributed by atoms with E-state index in [1.807, 2.05) is 61.6 Å². The first-order valence-corrected chi connectivity index (χ1v) is 10.2. The summed E-state index contributed by atoms with van der Waals surface area (Å²) in [5.41, 5.74) is 2.75. The summed E-state index contributed by atoms with van der Waals surface area (Å²) in [5.74, 6) is 0.708. The zero-order chi connectivity index (χ0) is 20.8. The predicted molar refractivity (Wildman–Crippen MR) is 120 cm³/mol. The van der Waals surface area contributed by atoms with Crippen molar-refractivity contribution in [3.8, 4) is 0 Å². The van der Waals surface area contributed by atoms with Crippen molar-refractivity contribution in [3.05, 3.63) is 73.1 Å². The SMILES string of the molecule is CN(c1ccccc1)c1ccccc1NC(=O)NC1CCCN(c2ncccn2)C1. The first-order valence-electron chi connectivity index (χ1n) is 10.2. The molecule has 1 aliphatic rings. The van der Waals surface area contributed by atoms with E-state index in [-0.39, 0.29) is 12.1 Å². The Morgan fingerprint density at radius 2 is 1.77 bits per heavy atom. The maximum Gasteiger partial charge on any atom is 0.319 e. The maximum absolute atomic E-state index is 12.7. The number of anilines is 4. The Bertz CT molecular complexity index is 966. The Morgan fingerprint density at radius 1 is 1.03 bits per heavy atom. The van der Waals surface area contributed by atoms with Crippen LogP contribution in [0, 0.1) is 0 Å². The minimum Gasteiger partial charge on any atom is -0.343 e. The number of para-hydroxylation sites is 3. The van der Waals surface area contributed by atoms with Crippen LogP contribution in [0.2, 0.25) is 0 Å². The van der Waals surface area contributed by atoms with Crippen LogP contribution in [-0.2, 0) is 0 Å². The second-order valence-electron chi connectivity index (χ2n) is 7.34. The zero-order valence-corrected chi connectivity index (χ0v) is 17.0. The summed E-state index contributed by atoms with van der Waals surface area (Å²) < 4.78 is 0. The molecule has 0 radical (unpaired) electrons. The van der Waals surface area contributed by atoms with Gasteiger partial charge in [0.25, 0.3) is 0 Å². The predicted octanol–water partition coefficient (Wildman–Crippen LogP) is 4.04. The van der Waals surface area contributed by atoms with Crippen LogP contribution in [0.5, 0.6) is 0 Å². The van der Waals surface area contributed by atoms with Crippen LogP contribution in [0.25, 0.3) is 0 Å². The molecular weight excluding hydrogens is 376 g/mol. The van der Waals surface area contributed by atoms with E-state index in [9.17, 15) is 4.79 Å². The van der Waals surface area contributed by atoms with E-state index >= 15 is 0 Å². The lowest BCUT2D eigenvalue weighted by Crippen LogP contribution is -2.49. The second kappa shape index (κ2) is 9.26. The molecule has 1 saturated heterocycles. The van der Waals surface area contributed by atoms with Crippen molar-refractivity contribution < 1.29 is 4.79 Å². The highest BCUT2D eigenvalue weighted by Crippen LogP contribution is 2.30. The number of nitrogens with zero attached hydrogens (tertiary/aromatic N) is 4. The van der Waals surface area contributed by atoms with E-state index in [4.69, 9.17) is 0 Å². The zero-order valence-electron chi connectivity index (χ0n) is 17.0. The van der Waals surface area contributed by atoms with Gasteiger partial charge in [0.05, 0.1) is 11.4 Å². The molecule has 0 aliphatic carbocycles. The van der Waals surface area contributed by atoms with E-state index in [1.165, 1.54) is 0 Å². The van der Waals surface area contributed by atoms with Crippen molar-refractivity contribution in [3.63, 3.8) is 0 Å². The third kappa shape index (κ3) is 4.68. The fourth-order valence-electron chi connectivity index (χ4n) is 3.74. The summed E-state index contributed by atoms with van der Waals surface area (Å²) in [7, 11) is 1.99. The molecule has 1 unspecified atom stereocenters. The largest absolute Gasteiger partial charge is 0.343 e. The Kier molecular flexibility index (Phi) is 6.08. The van der Waals surface area contributed by atoms with Gasteiger partial charge in [-0.2, -0.15) is 0 Å². The van der Waals surface area contributed by atoms with Crippen LogP contribution < -0.4 is 20.4 Å². The number of nitrogens with one attached hydrogen (secondary N) is 2. The topological polar surface area (TPSA) is 73.4 Å². The van der Waals surface area contributed by atoms with E-state index in [0.29, 0.717) is 12.5 Å². The minimum atomic E-state index is -0.204. The third-order valence-corrected chi connectivity index (χ3v) is 5.25. The molecular formula is C23H26N6O. The van der Waals surface area contributed by atoms with Gasteiger partial charge in [-0.05, 0) is 43.2 Å². The molecule has 2 amide bonds. The van der Waals surface area contributed by atoms with Gasteiger partial charge in [0, 0.05) is 44.3 Å². The van der Waals surface area contributed by atoms with E-state index in [1.54, 1.807) is 18.5 Å². The Hall–Kier alpha value is -3.61. The number of carbonyl (C=O) groups is 1. The monoisotopic (exact) mass is 402 g/mol. The standard InChI is InChI=1S/C23H26N6O/c1-28(19-10-3-2-4-11-19)21-13-6-5-12-20(21)27-23(30)26-18-9-7-16-29(17-18)22-24-14-8-15-25-22/h2-6,8,10-15,18H,7,9,16-17H2,1H3,(H2,26,27,30). The first-order chi connectivity index (χ1) is 14.7. The van der Waals surface area contributed by atoms with E-state index in [2.05, 4.69) is 30.4 Å². The number of rotatable bonds is 5. The van der Waals surface area contributed by atoms with Gasteiger partial charge in [0.1, 0.15) is 0 Å². The Morgan fingerprint density at radius 3 is 2.57 bits per heavy atom. The second-order valence-corrected chi connectivity index (χ2v) is 7.34. The normalized spacial score (nSPS) is 16.0. The number of piperidine rings is 1. The molecule has 1 fully saturated rings. The highest BCUT2D eigenvalue weighted by molar-refractivity contribution is 5.94. The van der Waals surface area contributed by atoms with Crippen molar-refractivity contribution in [1.29, 1.82) is 0 Å². The summed E-state index contributed by atoms with van der Waals surface area (Å²) in [6, 6.07) is 19.5. The number of aromatic nitrogens is 2. The van der Waals surface area contributed by atoms with Gasteiger partial charge < -0.3 is 20.4 Å². The van der Waals surface area contributed by atoms with Crippen molar-refractivity contribution in [2.45, 2.75) is 18.9 Å². The van der Waals surface area contributed by atoms with Gasteiger partial charge in [0.15, 0.2) is 0 Å². The number of hydrogen-bond donors (Lipinski definition) is 2. The molecule has 1 aliphatic heterocycles. The van der Waals surface area contributed by atoms with Gasteiger partial charge in [-0.3, -0.25) is 0 Å². The number of hydrogen-bond acceptors (Lipinski definition) is 5. The summed E-state index contributed by atoms with van der Waals surface area (Å²) >= 11 is 0. The van der Waals surface area contributed by atoms with E-state index < -0.39 is 0 Å². The molecule has 0 bridgehead atoms. The van der Waals surface area contributed by atoms with Gasteiger partial charge in [-0.1, -0.05) is 30.3 Å². The van der Waals surface area contributed by atoms with Crippen LogP contribution in [0.1, 0.15) is 12.8 Å². The summed E-state index contributed by atoms with van der Waals surface area (Å²) in [4.78, 5) is 25.6. The Balaban J connectivity index is 1.41. The minimum absolute atomic E-state index is 0.0431. The molecule has 0 spiro atoms. The average Bonchev–Trinajstić information content (AvgIpc) is 2.80. The van der Waals surface area contributed by atoms with Crippen molar-refractivity contribution in [1.82, 2.24) is 15.3 Å². The fourth-order valence-corrected chi connectivity index (χ4v) is 3.74. The van der Waals surface area contributed by atoms with Gasteiger partial charge in [-0.25, -0.2) is 14.8 Å². The molecule has 154 valence electrons. The number of carbonyl (C=O) groups excluding carboxylic acids is 1. The van der Waals surface area contributed by atoms with Crippen molar-refractivity contribution >= 4 is 29.0 Å². The highest BCUT2D eigenvalue weighted by Gasteiger charge is 2.23. The molecule has 2 N–H and O–H groups in total. The molecule has 4 rings (SSSR count). The van der Waals surface area contributed by atoms with Crippen molar-refractivity contribution in [2.75, 3.05) is 35.3 Å². The molecule has 3 aromatic rings. The first kappa shape index (κ1) is 19.7. The van der Waals surface area contributed by atoms with Crippen LogP contribution in [-0.4, -0.2) is 42.2 Å². The van der Waals surface area contributed by atoms with Gasteiger partial charge in [0.2, 0.25) is 5.95 Å². The number of benzene rings is 2. The lowest BCUT2D eigenvalue weighted by molar-refractivity contribution is 0.246. The molecule has 1 atom stereocenters. The lowest BCUT2D eigenvalue weighted by Gasteiger charge is -2.33. The fraction of sp³-hybridized carbons (Fsp3) is 0.261. The molecule has 0 saturated carbocycles. The van der Waals surface area contributed by atoms with Crippen LogP contribution in [0.3, 0.4) is 0 Å². The van der Waals surface area contributed by atoms with Gasteiger partial charge >= 0.3 is 6.03 Å². The highest BCUT2D eigenvalue weighted by atomic mass is 16.2. The summed E-state index contributed by atoms with van der Waals surface area (Å²) in [6.07, 6.45) is 5.40. The average molecular weight is 403 g/mol. The van der Waals surface area contributed by atoms with Crippen LogP contribution in [0.15, 0.2) is 73.1 Å². The molecule has 2 heterocycles. The molecule has 7 nitrogen and oxygen atoms in total. The third-order valence-electron chi connectivity index (χ3n) is 5.25. The number of urea groups is 1.